The molecule has 0 fully saturated rings. The average Bonchev–Trinajstić information content (AvgIpc) is 2.72. The molecule has 0 saturated carbocycles. The Morgan fingerprint density at radius 2 is 2.00 bits per heavy atom. The van der Waals surface area contributed by atoms with Crippen LogP contribution >= 0.6 is 15.9 Å². The molecule has 1 aromatic heterocycles. The number of hydrogen-bond donors (Lipinski definition) is 1. The second kappa shape index (κ2) is 10.2. The van der Waals surface area contributed by atoms with E-state index in [9.17, 15) is 9.59 Å². The van der Waals surface area contributed by atoms with Gasteiger partial charge in [0.05, 0.1) is 23.8 Å². The van der Waals surface area contributed by atoms with Crippen LogP contribution in [0.1, 0.15) is 25.3 Å². The van der Waals surface area contributed by atoms with E-state index in [0.717, 1.165) is 35.2 Å². The zero-order chi connectivity index (χ0) is 20.6. The highest BCUT2D eigenvalue weighted by Crippen LogP contribution is 2.15. The fourth-order valence-electron chi connectivity index (χ4n) is 2.89. The number of hydrogen-bond acceptors (Lipinski definition) is 4. The Morgan fingerprint density at radius 3 is 2.76 bits per heavy atom. The van der Waals surface area contributed by atoms with E-state index in [1.165, 1.54) is 10.9 Å². The highest BCUT2D eigenvalue weighted by atomic mass is 79.9. The lowest BCUT2D eigenvalue weighted by molar-refractivity contribution is -0.121. The van der Waals surface area contributed by atoms with Crippen LogP contribution in [0.4, 0.5) is 0 Å². The topological polar surface area (TPSA) is 73.2 Å². The molecular formula is C22H24BrN3O3. The van der Waals surface area contributed by atoms with Crippen LogP contribution in [0.3, 0.4) is 0 Å². The summed E-state index contributed by atoms with van der Waals surface area (Å²) in [5.41, 5.74) is 1.49. The van der Waals surface area contributed by atoms with Gasteiger partial charge in [0.2, 0.25) is 5.91 Å². The number of unbranched alkanes of at least 4 members (excludes halogenated alkanes) is 1. The fourth-order valence-corrected chi connectivity index (χ4v) is 3.25. The molecule has 0 radical (unpaired) electrons. The van der Waals surface area contributed by atoms with Gasteiger partial charge in [0.1, 0.15) is 12.3 Å². The number of fused-ring (bicyclic) bond motifs is 1. The molecule has 3 rings (SSSR count). The zero-order valence-electron chi connectivity index (χ0n) is 16.4. The van der Waals surface area contributed by atoms with E-state index in [1.54, 1.807) is 12.1 Å². The molecule has 1 heterocycles. The number of amides is 1. The van der Waals surface area contributed by atoms with E-state index in [4.69, 9.17) is 4.74 Å². The smallest absolute Gasteiger partial charge is 0.261 e. The number of ether oxygens (including phenoxy) is 1. The first-order chi connectivity index (χ1) is 14.1. The molecule has 1 amide bonds. The summed E-state index contributed by atoms with van der Waals surface area (Å²) in [6, 6.07) is 13.2. The van der Waals surface area contributed by atoms with Gasteiger partial charge in [-0.15, -0.1) is 0 Å². The molecule has 0 spiro atoms. The van der Waals surface area contributed by atoms with Gasteiger partial charge in [-0.3, -0.25) is 14.2 Å². The van der Waals surface area contributed by atoms with Gasteiger partial charge in [0, 0.05) is 11.0 Å². The Morgan fingerprint density at radius 1 is 1.21 bits per heavy atom. The lowest BCUT2D eigenvalue weighted by atomic mass is 10.1. The Kier molecular flexibility index (Phi) is 7.41. The number of rotatable bonds is 9. The first-order valence-corrected chi connectivity index (χ1v) is 10.5. The lowest BCUT2D eigenvalue weighted by Gasteiger charge is -2.09. The van der Waals surface area contributed by atoms with Crippen LogP contribution in [0.15, 0.2) is 58.1 Å². The van der Waals surface area contributed by atoms with E-state index in [1.807, 2.05) is 30.3 Å². The van der Waals surface area contributed by atoms with Gasteiger partial charge in [-0.05, 0) is 48.7 Å². The van der Waals surface area contributed by atoms with Crippen molar-refractivity contribution in [1.29, 1.82) is 0 Å². The molecule has 0 unspecified atom stereocenters. The van der Waals surface area contributed by atoms with E-state index < -0.39 is 0 Å². The molecule has 3 aromatic rings. The van der Waals surface area contributed by atoms with E-state index in [2.05, 4.69) is 33.2 Å². The second-order valence-corrected chi connectivity index (χ2v) is 7.70. The van der Waals surface area contributed by atoms with E-state index in [0.29, 0.717) is 23.9 Å². The summed E-state index contributed by atoms with van der Waals surface area (Å²) in [6.45, 7) is 3.30. The highest BCUT2D eigenvalue weighted by molar-refractivity contribution is 9.10. The molecule has 0 aliphatic carbocycles. The third-order valence-corrected chi connectivity index (χ3v) is 5.02. The van der Waals surface area contributed by atoms with Crippen molar-refractivity contribution in [2.45, 2.75) is 32.7 Å². The van der Waals surface area contributed by atoms with Gasteiger partial charge in [-0.25, -0.2) is 4.98 Å². The van der Waals surface area contributed by atoms with Gasteiger partial charge < -0.3 is 10.1 Å². The number of halogens is 1. The number of carbonyl (C=O) groups is 1. The molecule has 0 saturated heterocycles. The van der Waals surface area contributed by atoms with Crippen LogP contribution in [0.5, 0.6) is 5.75 Å². The number of aromatic nitrogens is 2. The van der Waals surface area contributed by atoms with Crippen LogP contribution in [0, 0.1) is 0 Å². The maximum Gasteiger partial charge on any atom is 0.261 e. The van der Waals surface area contributed by atoms with Crippen molar-refractivity contribution in [3.05, 3.63) is 69.2 Å². The number of nitrogens with zero attached hydrogens (tertiary/aromatic N) is 2. The molecule has 6 nitrogen and oxygen atoms in total. The molecule has 0 bridgehead atoms. The van der Waals surface area contributed by atoms with Crippen molar-refractivity contribution in [2.75, 3.05) is 13.2 Å². The van der Waals surface area contributed by atoms with Gasteiger partial charge in [0.15, 0.2) is 0 Å². The molecule has 1 N–H and O–H groups in total. The highest BCUT2D eigenvalue weighted by Gasteiger charge is 2.08. The monoisotopic (exact) mass is 457 g/mol. The van der Waals surface area contributed by atoms with Crippen LogP contribution in [-0.2, 0) is 17.8 Å². The normalized spacial score (nSPS) is 10.8. The number of carbonyl (C=O) groups excluding carboxylic acids is 1. The summed E-state index contributed by atoms with van der Waals surface area (Å²) in [7, 11) is 0. The Balaban J connectivity index is 1.51. The first-order valence-electron chi connectivity index (χ1n) is 9.70. The van der Waals surface area contributed by atoms with Crippen LogP contribution < -0.4 is 15.6 Å². The van der Waals surface area contributed by atoms with Crippen molar-refractivity contribution in [3.8, 4) is 5.75 Å². The maximum absolute atomic E-state index is 12.5. The van der Waals surface area contributed by atoms with E-state index >= 15 is 0 Å². The summed E-state index contributed by atoms with van der Waals surface area (Å²) >= 11 is 3.36. The van der Waals surface area contributed by atoms with Gasteiger partial charge in [-0.1, -0.05) is 41.4 Å². The third kappa shape index (κ3) is 5.90. The van der Waals surface area contributed by atoms with Crippen molar-refractivity contribution >= 4 is 32.7 Å². The summed E-state index contributed by atoms with van der Waals surface area (Å²) in [6.07, 6.45) is 4.27. The second-order valence-electron chi connectivity index (χ2n) is 6.79. The van der Waals surface area contributed by atoms with Crippen molar-refractivity contribution in [3.63, 3.8) is 0 Å². The largest absolute Gasteiger partial charge is 0.494 e. The maximum atomic E-state index is 12.5. The predicted molar refractivity (Wildman–Crippen MR) is 117 cm³/mol. The van der Waals surface area contributed by atoms with Crippen molar-refractivity contribution in [2.24, 2.45) is 0 Å². The molecular weight excluding hydrogens is 434 g/mol. The van der Waals surface area contributed by atoms with Crippen molar-refractivity contribution < 1.29 is 9.53 Å². The van der Waals surface area contributed by atoms with Crippen molar-refractivity contribution in [1.82, 2.24) is 14.9 Å². The SMILES string of the molecule is CCCCOc1ccc(CCNC(=O)Cn2cnc3ccc(Br)cc3c2=O)cc1. The molecule has 2 aromatic carbocycles. The Labute approximate surface area is 178 Å². The van der Waals surface area contributed by atoms with Gasteiger partial charge in [0.25, 0.3) is 5.56 Å². The van der Waals surface area contributed by atoms with Gasteiger partial charge >= 0.3 is 0 Å². The quantitative estimate of drug-likeness (QED) is 0.497. The number of nitrogens with one attached hydrogen (secondary N) is 1. The predicted octanol–water partition coefficient (Wildman–Crippen LogP) is 3.70. The summed E-state index contributed by atoms with van der Waals surface area (Å²) in [4.78, 5) is 29.0. The minimum absolute atomic E-state index is 0.0571. The average molecular weight is 458 g/mol. The summed E-state index contributed by atoms with van der Waals surface area (Å²) in [5.74, 6) is 0.642. The minimum Gasteiger partial charge on any atom is -0.494 e. The number of benzene rings is 2. The fraction of sp³-hybridized carbons (Fsp3) is 0.318. The third-order valence-electron chi connectivity index (χ3n) is 4.53. The minimum atomic E-state index is -0.231. The molecule has 0 aliphatic heterocycles. The molecule has 0 aliphatic rings. The lowest BCUT2D eigenvalue weighted by Crippen LogP contribution is -2.33. The zero-order valence-corrected chi connectivity index (χ0v) is 17.9. The van der Waals surface area contributed by atoms with E-state index in [-0.39, 0.29) is 18.0 Å². The molecule has 152 valence electrons. The Bertz CT molecular complexity index is 1030. The molecule has 0 atom stereocenters. The van der Waals surface area contributed by atoms with Gasteiger partial charge in [-0.2, -0.15) is 0 Å². The van der Waals surface area contributed by atoms with Crippen LogP contribution in [0.25, 0.3) is 10.9 Å². The standard InChI is InChI=1S/C22H24BrN3O3/c1-2-3-12-29-18-7-4-16(5-8-18)10-11-24-21(27)14-26-15-25-20-9-6-17(23)13-19(20)22(26)28/h4-9,13,15H,2-3,10-12,14H2,1H3,(H,24,27). The molecule has 7 heteroatoms. The summed E-state index contributed by atoms with van der Waals surface area (Å²) < 4.78 is 7.77. The summed E-state index contributed by atoms with van der Waals surface area (Å²) in [5, 5.41) is 3.34. The Hall–Kier alpha value is -2.67. The first kappa shape index (κ1) is 21.0. The van der Waals surface area contributed by atoms with Crippen LogP contribution in [-0.4, -0.2) is 28.6 Å². The molecule has 29 heavy (non-hydrogen) atoms. The van der Waals surface area contributed by atoms with Crippen LogP contribution in [0.2, 0.25) is 0 Å².